The number of allylic oxidation sites excluding steroid dienone is 2. The highest BCUT2D eigenvalue weighted by molar-refractivity contribution is 6.01. The van der Waals surface area contributed by atoms with Crippen molar-refractivity contribution >= 4 is 11.8 Å². The van der Waals surface area contributed by atoms with Crippen molar-refractivity contribution < 1.29 is 14.7 Å². The summed E-state index contributed by atoms with van der Waals surface area (Å²) in [4.78, 5) is 20.0. The smallest absolute Gasteiger partial charge is 0.328 e. The van der Waals surface area contributed by atoms with Crippen molar-refractivity contribution in [2.75, 3.05) is 0 Å². The molecule has 3 nitrogen and oxygen atoms in total. The van der Waals surface area contributed by atoms with E-state index in [0.29, 0.717) is 0 Å². The van der Waals surface area contributed by atoms with Gasteiger partial charge in [-0.05, 0) is 12.2 Å². The van der Waals surface area contributed by atoms with Crippen LogP contribution in [0.15, 0.2) is 24.8 Å². The first-order valence-electron chi connectivity index (χ1n) is 2.24. The number of rotatable bonds is 3. The molecule has 0 radical (unpaired) electrons. The lowest BCUT2D eigenvalue weighted by atomic mass is 10.3. The fraction of sp³-hybridized carbons (Fsp3) is 0. The summed E-state index contributed by atoms with van der Waals surface area (Å²) in [6, 6.07) is 0. The van der Waals surface area contributed by atoms with Gasteiger partial charge in [0, 0.05) is 6.08 Å². The van der Waals surface area contributed by atoms with E-state index >= 15 is 0 Å². The number of carbonyl (C=O) groups is 2. The fourth-order valence-corrected chi connectivity index (χ4v) is 0.221. The summed E-state index contributed by atoms with van der Waals surface area (Å²) >= 11 is 0. The highest BCUT2D eigenvalue weighted by Crippen LogP contribution is 1.76. The van der Waals surface area contributed by atoms with Crippen LogP contribution >= 0.6 is 0 Å². The molecule has 48 valence electrons. The van der Waals surface area contributed by atoms with E-state index in [9.17, 15) is 9.59 Å². The van der Waals surface area contributed by atoms with Crippen LogP contribution < -0.4 is 0 Å². The molecule has 0 spiro atoms. The molecule has 9 heavy (non-hydrogen) atoms. The van der Waals surface area contributed by atoms with Crippen LogP contribution in [0.4, 0.5) is 0 Å². The summed E-state index contributed by atoms with van der Waals surface area (Å²) in [5.41, 5.74) is 0. The van der Waals surface area contributed by atoms with Gasteiger partial charge >= 0.3 is 5.97 Å². The molecule has 0 aliphatic carbocycles. The minimum Gasteiger partial charge on any atom is -0.478 e. The topological polar surface area (TPSA) is 54.4 Å². The number of carboxylic acid groups (broad SMARTS) is 1. The Morgan fingerprint density at radius 3 is 2.22 bits per heavy atom. The first-order chi connectivity index (χ1) is 4.16. The maximum atomic E-state index is 10.2. The average Bonchev–Trinajstić information content (AvgIpc) is 1.83. The number of hydrogen-bond acceptors (Lipinski definition) is 2. The molecule has 0 aliphatic rings. The van der Waals surface area contributed by atoms with Crippen molar-refractivity contribution in [3.05, 3.63) is 24.8 Å². The van der Waals surface area contributed by atoms with Crippen LogP contribution in [0.1, 0.15) is 0 Å². The molecule has 0 aromatic rings. The number of carboxylic acids is 1. The van der Waals surface area contributed by atoms with Crippen molar-refractivity contribution in [1.29, 1.82) is 0 Å². The molecular weight excluding hydrogens is 120 g/mol. The molecule has 0 bridgehead atoms. The molecule has 0 aromatic heterocycles. The van der Waals surface area contributed by atoms with Crippen LogP contribution in [-0.4, -0.2) is 16.9 Å². The van der Waals surface area contributed by atoms with Gasteiger partial charge in [0.15, 0.2) is 5.78 Å². The lowest BCUT2D eigenvalue weighted by Gasteiger charge is -1.76. The van der Waals surface area contributed by atoms with Crippen LogP contribution in [0, 0.1) is 0 Å². The second-order valence-electron chi connectivity index (χ2n) is 1.28. The quantitative estimate of drug-likeness (QED) is 0.556. The second-order valence-corrected chi connectivity index (χ2v) is 1.28. The van der Waals surface area contributed by atoms with Gasteiger partial charge in [-0.2, -0.15) is 0 Å². The van der Waals surface area contributed by atoms with Crippen LogP contribution in [-0.2, 0) is 9.59 Å². The van der Waals surface area contributed by atoms with Crippen molar-refractivity contribution in [2.45, 2.75) is 0 Å². The standard InChI is InChI=1S/C6H6O3/c1-2-5(7)3-4-6(8)9/h2-4H,1H2,(H,8,9). The molecule has 0 saturated carbocycles. The van der Waals surface area contributed by atoms with E-state index in [1.807, 2.05) is 0 Å². The van der Waals surface area contributed by atoms with Crippen molar-refractivity contribution in [3.63, 3.8) is 0 Å². The zero-order chi connectivity index (χ0) is 7.28. The van der Waals surface area contributed by atoms with Gasteiger partial charge in [-0.15, -0.1) is 0 Å². The molecule has 1 N–H and O–H groups in total. The summed E-state index contributed by atoms with van der Waals surface area (Å²) in [5, 5.41) is 7.98. The van der Waals surface area contributed by atoms with Gasteiger partial charge in [0.2, 0.25) is 0 Å². The van der Waals surface area contributed by atoms with Gasteiger partial charge in [0.1, 0.15) is 0 Å². The molecule has 0 unspecified atom stereocenters. The molecule has 0 fully saturated rings. The first kappa shape index (κ1) is 7.62. The molecule has 0 aromatic carbocycles. The molecular formula is C6H6O3. The molecule has 3 heteroatoms. The fourth-order valence-electron chi connectivity index (χ4n) is 0.221. The zero-order valence-corrected chi connectivity index (χ0v) is 4.70. The Morgan fingerprint density at radius 2 is 1.89 bits per heavy atom. The Hall–Kier alpha value is -1.38. The van der Waals surface area contributed by atoms with Crippen LogP contribution in [0.25, 0.3) is 0 Å². The van der Waals surface area contributed by atoms with Crippen molar-refractivity contribution in [1.82, 2.24) is 0 Å². The third kappa shape index (κ3) is 4.47. The van der Waals surface area contributed by atoms with E-state index in [2.05, 4.69) is 6.58 Å². The van der Waals surface area contributed by atoms with Crippen molar-refractivity contribution in [2.24, 2.45) is 0 Å². The Kier molecular flexibility index (Phi) is 3.05. The average molecular weight is 126 g/mol. The number of carbonyl (C=O) groups excluding carboxylic acids is 1. The van der Waals surface area contributed by atoms with Gasteiger partial charge in [-0.25, -0.2) is 4.79 Å². The Labute approximate surface area is 52.3 Å². The van der Waals surface area contributed by atoms with Crippen LogP contribution in [0.5, 0.6) is 0 Å². The van der Waals surface area contributed by atoms with E-state index < -0.39 is 11.8 Å². The second kappa shape index (κ2) is 3.60. The summed E-state index contributed by atoms with van der Waals surface area (Å²) in [7, 11) is 0. The van der Waals surface area contributed by atoms with Crippen LogP contribution in [0.2, 0.25) is 0 Å². The molecule has 0 heterocycles. The summed E-state index contributed by atoms with van der Waals surface area (Å²) in [6.07, 6.45) is 2.75. The van der Waals surface area contributed by atoms with Gasteiger partial charge in [0.05, 0.1) is 0 Å². The van der Waals surface area contributed by atoms with Gasteiger partial charge < -0.3 is 5.11 Å². The maximum Gasteiger partial charge on any atom is 0.328 e. The minimum atomic E-state index is -1.13. The molecule has 0 aliphatic heterocycles. The molecule has 0 saturated heterocycles. The third-order valence-corrected chi connectivity index (χ3v) is 0.591. The Balaban J connectivity index is 3.85. The number of hydrogen-bond donors (Lipinski definition) is 1. The van der Waals surface area contributed by atoms with E-state index in [-0.39, 0.29) is 0 Å². The first-order valence-corrected chi connectivity index (χ1v) is 2.24. The summed E-state index contributed by atoms with van der Waals surface area (Å²) in [6.45, 7) is 3.14. The highest BCUT2D eigenvalue weighted by atomic mass is 16.4. The zero-order valence-electron chi connectivity index (χ0n) is 4.70. The van der Waals surface area contributed by atoms with E-state index in [0.717, 1.165) is 18.2 Å². The molecule has 0 atom stereocenters. The van der Waals surface area contributed by atoms with E-state index in [1.165, 1.54) is 0 Å². The largest absolute Gasteiger partial charge is 0.478 e. The Morgan fingerprint density at radius 1 is 1.33 bits per heavy atom. The van der Waals surface area contributed by atoms with E-state index in [4.69, 9.17) is 5.11 Å². The van der Waals surface area contributed by atoms with Crippen LogP contribution in [0.3, 0.4) is 0 Å². The number of aliphatic carboxylic acids is 1. The normalized spacial score (nSPS) is 9.33. The van der Waals surface area contributed by atoms with E-state index in [1.54, 1.807) is 0 Å². The summed E-state index contributed by atoms with van der Waals surface area (Å²) in [5.74, 6) is -1.54. The molecule has 0 rings (SSSR count). The third-order valence-electron chi connectivity index (χ3n) is 0.591. The maximum absolute atomic E-state index is 10.2. The monoisotopic (exact) mass is 126 g/mol. The molecule has 0 amide bonds. The Bertz CT molecular complexity index is 167. The predicted molar refractivity (Wildman–Crippen MR) is 32.0 cm³/mol. The van der Waals surface area contributed by atoms with Gasteiger partial charge in [-0.1, -0.05) is 6.58 Å². The summed E-state index contributed by atoms with van der Waals surface area (Å²) < 4.78 is 0. The lowest BCUT2D eigenvalue weighted by molar-refractivity contribution is -0.131. The minimum absolute atomic E-state index is 0.405. The predicted octanol–water partition coefficient (Wildman–Crippen LogP) is 0.382. The van der Waals surface area contributed by atoms with Crippen molar-refractivity contribution in [3.8, 4) is 0 Å². The number of ketones is 1. The SMILES string of the molecule is C=CC(=O)C=CC(=O)O. The lowest BCUT2D eigenvalue weighted by Crippen LogP contribution is -1.90. The van der Waals surface area contributed by atoms with Gasteiger partial charge in [-0.3, -0.25) is 4.79 Å². The van der Waals surface area contributed by atoms with Gasteiger partial charge in [0.25, 0.3) is 0 Å². The highest BCUT2D eigenvalue weighted by Gasteiger charge is 1.88.